The molecule has 2 heterocycles. The maximum atomic E-state index is 12.6. The van der Waals surface area contributed by atoms with Crippen LogP contribution in [-0.2, 0) is 0 Å². The van der Waals surface area contributed by atoms with Crippen LogP contribution in [0.1, 0.15) is 52.6 Å². The Balaban J connectivity index is 1.88. The van der Waals surface area contributed by atoms with Crippen LogP contribution in [0.15, 0.2) is 60.1 Å². The first-order valence-corrected chi connectivity index (χ1v) is 8.75. The molecular weight excluding hydrogens is 318 g/mol. The molecule has 3 aromatic rings. The number of nitrogens with one attached hydrogen (secondary N) is 1. The number of nitrogens with zero attached hydrogens (tertiary/aromatic N) is 2. The highest BCUT2D eigenvalue weighted by atomic mass is 32.1. The van der Waals surface area contributed by atoms with Crippen molar-refractivity contribution in [3.8, 4) is 0 Å². The van der Waals surface area contributed by atoms with Gasteiger partial charge in [0.25, 0.3) is 5.91 Å². The third-order valence-corrected chi connectivity index (χ3v) is 4.56. The number of carbonyl (C=O) groups excluding carboxylic acids is 1. The lowest BCUT2D eigenvalue weighted by molar-refractivity contribution is 0.0941. The Hall–Kier alpha value is -2.53. The van der Waals surface area contributed by atoms with Gasteiger partial charge in [0, 0.05) is 11.6 Å². The average Bonchev–Trinajstić information content (AvgIpc) is 3.11. The van der Waals surface area contributed by atoms with Gasteiger partial charge >= 0.3 is 0 Å². The largest absolute Gasteiger partial charge is 0.337 e. The van der Waals surface area contributed by atoms with Gasteiger partial charge in [0.2, 0.25) is 0 Å². The predicted molar refractivity (Wildman–Crippen MR) is 96.2 cm³/mol. The van der Waals surface area contributed by atoms with Gasteiger partial charge in [-0.25, -0.2) is 4.98 Å². The minimum Gasteiger partial charge on any atom is -0.337 e. The third kappa shape index (κ3) is 3.68. The molecule has 0 aliphatic heterocycles. The number of benzene rings is 1. The van der Waals surface area contributed by atoms with Gasteiger partial charge in [-0.1, -0.05) is 50.2 Å². The SMILES string of the molecule is CC(C)c1csc(C(=O)NC(c2ccccc2)c2ccccn2)n1. The number of amides is 1. The fourth-order valence-electron chi connectivity index (χ4n) is 2.37. The van der Waals surface area contributed by atoms with Crippen LogP contribution in [0.5, 0.6) is 0 Å². The number of pyridine rings is 1. The van der Waals surface area contributed by atoms with Crippen LogP contribution in [-0.4, -0.2) is 15.9 Å². The Bertz CT molecular complexity index is 760. The van der Waals surface area contributed by atoms with E-state index in [1.54, 1.807) is 6.20 Å². The number of rotatable bonds is 5. The second-order valence-corrected chi connectivity index (χ2v) is 6.66. The van der Waals surface area contributed by atoms with Gasteiger partial charge < -0.3 is 5.32 Å². The van der Waals surface area contributed by atoms with Crippen LogP contribution >= 0.6 is 11.3 Å². The van der Waals surface area contributed by atoms with Crippen molar-refractivity contribution >= 4 is 17.2 Å². The van der Waals surface area contributed by atoms with Crippen LogP contribution in [0.25, 0.3) is 0 Å². The summed E-state index contributed by atoms with van der Waals surface area (Å²) in [6.07, 6.45) is 1.73. The van der Waals surface area contributed by atoms with E-state index in [4.69, 9.17) is 0 Å². The lowest BCUT2D eigenvalue weighted by Gasteiger charge is -2.18. The molecule has 122 valence electrons. The number of carbonyl (C=O) groups is 1. The Kier molecular flexibility index (Phi) is 5.01. The van der Waals surface area contributed by atoms with Gasteiger partial charge in [0.15, 0.2) is 5.01 Å². The molecule has 24 heavy (non-hydrogen) atoms. The van der Waals surface area contributed by atoms with Crippen molar-refractivity contribution in [2.45, 2.75) is 25.8 Å². The second-order valence-electron chi connectivity index (χ2n) is 5.80. The van der Waals surface area contributed by atoms with Crippen LogP contribution in [0.2, 0.25) is 0 Å². The van der Waals surface area contributed by atoms with Gasteiger partial charge in [0.05, 0.1) is 17.4 Å². The summed E-state index contributed by atoms with van der Waals surface area (Å²) in [5.41, 5.74) is 2.74. The van der Waals surface area contributed by atoms with Gasteiger partial charge in [-0.05, 0) is 23.6 Å². The highest BCUT2D eigenvalue weighted by molar-refractivity contribution is 7.11. The molecule has 1 atom stereocenters. The number of thiazole rings is 1. The maximum absolute atomic E-state index is 12.6. The van der Waals surface area contributed by atoms with Crippen molar-refractivity contribution in [1.82, 2.24) is 15.3 Å². The van der Waals surface area contributed by atoms with Crippen molar-refractivity contribution in [1.29, 1.82) is 0 Å². The third-order valence-electron chi connectivity index (χ3n) is 3.70. The molecule has 1 unspecified atom stereocenters. The smallest absolute Gasteiger partial charge is 0.281 e. The first kappa shape index (κ1) is 16.3. The van der Waals surface area contributed by atoms with E-state index in [9.17, 15) is 4.79 Å². The zero-order valence-electron chi connectivity index (χ0n) is 13.6. The van der Waals surface area contributed by atoms with E-state index >= 15 is 0 Å². The van der Waals surface area contributed by atoms with Gasteiger partial charge in [0.1, 0.15) is 0 Å². The standard InChI is InChI=1S/C19H19N3OS/c1-13(2)16-12-24-19(21-16)18(23)22-17(14-8-4-3-5-9-14)15-10-6-7-11-20-15/h3-13,17H,1-2H3,(H,22,23). The number of hydrogen-bond donors (Lipinski definition) is 1. The Morgan fingerprint density at radius 3 is 2.42 bits per heavy atom. The molecule has 0 fully saturated rings. The highest BCUT2D eigenvalue weighted by Crippen LogP contribution is 2.22. The summed E-state index contributed by atoms with van der Waals surface area (Å²) in [6.45, 7) is 4.13. The molecule has 0 radical (unpaired) electrons. The molecule has 1 aromatic carbocycles. The summed E-state index contributed by atoms with van der Waals surface area (Å²) in [5.74, 6) is 0.134. The molecule has 2 aromatic heterocycles. The van der Waals surface area contributed by atoms with E-state index < -0.39 is 0 Å². The van der Waals surface area contributed by atoms with Crippen molar-refractivity contribution < 1.29 is 4.79 Å². The van der Waals surface area contributed by atoms with Crippen molar-refractivity contribution in [3.05, 3.63) is 82.1 Å². The second kappa shape index (κ2) is 7.36. The minimum atomic E-state index is -0.300. The fourth-order valence-corrected chi connectivity index (χ4v) is 3.25. The zero-order valence-corrected chi connectivity index (χ0v) is 14.5. The highest BCUT2D eigenvalue weighted by Gasteiger charge is 2.21. The van der Waals surface area contributed by atoms with Gasteiger partial charge in [-0.15, -0.1) is 11.3 Å². The normalized spacial score (nSPS) is 12.1. The monoisotopic (exact) mass is 337 g/mol. The van der Waals surface area contributed by atoms with Crippen LogP contribution in [0.3, 0.4) is 0 Å². The molecule has 1 N–H and O–H groups in total. The average molecular weight is 337 g/mol. The summed E-state index contributed by atoms with van der Waals surface area (Å²) in [4.78, 5) is 21.5. The predicted octanol–water partition coefficient (Wildman–Crippen LogP) is 4.18. The van der Waals surface area contributed by atoms with E-state index in [0.29, 0.717) is 10.9 Å². The molecule has 3 rings (SSSR count). The first-order valence-electron chi connectivity index (χ1n) is 7.87. The maximum Gasteiger partial charge on any atom is 0.281 e. The van der Waals surface area contributed by atoms with E-state index in [1.165, 1.54) is 11.3 Å². The Morgan fingerprint density at radius 1 is 1.04 bits per heavy atom. The lowest BCUT2D eigenvalue weighted by atomic mass is 10.0. The van der Waals surface area contributed by atoms with Crippen molar-refractivity contribution in [2.24, 2.45) is 0 Å². The Labute approximate surface area is 145 Å². The van der Waals surface area contributed by atoms with Gasteiger partial charge in [-0.3, -0.25) is 9.78 Å². The lowest BCUT2D eigenvalue weighted by Crippen LogP contribution is -2.29. The summed E-state index contributed by atoms with van der Waals surface area (Å²) in [6, 6.07) is 15.2. The quantitative estimate of drug-likeness (QED) is 0.760. The zero-order chi connectivity index (χ0) is 16.9. The Morgan fingerprint density at radius 2 is 1.79 bits per heavy atom. The molecule has 0 aliphatic carbocycles. The topological polar surface area (TPSA) is 54.9 Å². The van der Waals surface area contributed by atoms with Crippen LogP contribution in [0.4, 0.5) is 0 Å². The first-order chi connectivity index (χ1) is 11.6. The fraction of sp³-hybridized carbons (Fsp3) is 0.211. The molecule has 0 bridgehead atoms. The molecule has 4 nitrogen and oxygen atoms in total. The van der Waals surface area contributed by atoms with Gasteiger partial charge in [-0.2, -0.15) is 0 Å². The minimum absolute atomic E-state index is 0.175. The number of aromatic nitrogens is 2. The number of hydrogen-bond acceptors (Lipinski definition) is 4. The molecule has 0 saturated heterocycles. The van der Waals surface area contributed by atoms with Crippen LogP contribution in [0, 0.1) is 0 Å². The van der Waals surface area contributed by atoms with E-state index in [2.05, 4.69) is 29.1 Å². The summed E-state index contributed by atoms with van der Waals surface area (Å²) in [7, 11) is 0. The molecule has 1 amide bonds. The molecular formula is C19H19N3OS. The molecule has 0 spiro atoms. The van der Waals surface area contributed by atoms with E-state index in [0.717, 1.165) is 17.0 Å². The summed E-state index contributed by atoms with van der Waals surface area (Å²) >= 11 is 1.37. The van der Waals surface area contributed by atoms with Crippen molar-refractivity contribution in [3.63, 3.8) is 0 Å². The molecule has 0 aliphatic rings. The summed E-state index contributed by atoms with van der Waals surface area (Å²) < 4.78 is 0. The molecule has 0 saturated carbocycles. The summed E-state index contributed by atoms with van der Waals surface area (Å²) in [5, 5.41) is 5.49. The van der Waals surface area contributed by atoms with E-state index in [-0.39, 0.29) is 11.9 Å². The van der Waals surface area contributed by atoms with Crippen molar-refractivity contribution in [2.75, 3.05) is 0 Å². The van der Waals surface area contributed by atoms with E-state index in [1.807, 2.05) is 53.9 Å². The van der Waals surface area contributed by atoms with Crippen LogP contribution < -0.4 is 5.32 Å². The molecule has 5 heteroatoms.